The molecule has 0 aliphatic carbocycles. The van der Waals surface area contributed by atoms with Crippen molar-refractivity contribution in [1.82, 2.24) is 15.5 Å². The summed E-state index contributed by atoms with van der Waals surface area (Å²) in [5.41, 5.74) is 2.41. The second-order valence-corrected chi connectivity index (χ2v) is 3.50. The molecule has 0 unspecified atom stereocenters. The zero-order valence-corrected chi connectivity index (χ0v) is 7.43. The first-order chi connectivity index (χ1) is 5.86. The van der Waals surface area contributed by atoms with Gasteiger partial charge in [-0.15, -0.1) is 0 Å². The van der Waals surface area contributed by atoms with E-state index in [9.17, 15) is 0 Å². The molecule has 0 bridgehead atoms. The molecule has 1 fully saturated rings. The van der Waals surface area contributed by atoms with Crippen LogP contribution in [0.3, 0.4) is 0 Å². The highest BCUT2D eigenvalue weighted by atomic mass is 15.1. The van der Waals surface area contributed by atoms with Gasteiger partial charge in [-0.3, -0.25) is 5.10 Å². The smallest absolute Gasteiger partial charge is 0.0656 e. The zero-order chi connectivity index (χ0) is 8.39. The van der Waals surface area contributed by atoms with Crippen LogP contribution in [-0.2, 0) is 0 Å². The first-order valence-electron chi connectivity index (χ1n) is 4.59. The number of hydrogen-bond donors (Lipinski definition) is 2. The fourth-order valence-electron chi connectivity index (χ4n) is 1.77. The van der Waals surface area contributed by atoms with Gasteiger partial charge in [0.25, 0.3) is 0 Å². The van der Waals surface area contributed by atoms with Gasteiger partial charge in [0.1, 0.15) is 0 Å². The van der Waals surface area contributed by atoms with Gasteiger partial charge in [0.15, 0.2) is 0 Å². The van der Waals surface area contributed by atoms with Gasteiger partial charge in [0, 0.05) is 11.6 Å². The first-order valence-corrected chi connectivity index (χ1v) is 4.59. The number of aromatic nitrogens is 2. The van der Waals surface area contributed by atoms with Gasteiger partial charge in [-0.25, -0.2) is 0 Å². The third-order valence-corrected chi connectivity index (χ3v) is 2.48. The lowest BCUT2D eigenvalue weighted by molar-refractivity contribution is 0.453. The van der Waals surface area contributed by atoms with E-state index in [0.29, 0.717) is 5.92 Å². The molecule has 1 aliphatic heterocycles. The van der Waals surface area contributed by atoms with Crippen molar-refractivity contribution >= 4 is 0 Å². The Morgan fingerprint density at radius 3 is 2.75 bits per heavy atom. The SMILES string of the molecule is Cc1cc(C2CCNCC2)n[nH]1. The molecule has 66 valence electrons. The summed E-state index contributed by atoms with van der Waals surface area (Å²) in [6.07, 6.45) is 2.45. The van der Waals surface area contributed by atoms with E-state index in [1.165, 1.54) is 24.2 Å². The van der Waals surface area contributed by atoms with Crippen molar-refractivity contribution in [2.75, 3.05) is 13.1 Å². The zero-order valence-electron chi connectivity index (χ0n) is 7.43. The number of nitrogens with zero attached hydrogens (tertiary/aromatic N) is 1. The minimum absolute atomic E-state index is 0.677. The molecule has 12 heavy (non-hydrogen) atoms. The van der Waals surface area contributed by atoms with Crippen LogP contribution in [0, 0.1) is 6.92 Å². The van der Waals surface area contributed by atoms with E-state index >= 15 is 0 Å². The monoisotopic (exact) mass is 165 g/mol. The summed E-state index contributed by atoms with van der Waals surface area (Å²) in [5, 5.41) is 10.6. The number of aromatic amines is 1. The molecule has 0 saturated carbocycles. The highest BCUT2D eigenvalue weighted by Gasteiger charge is 2.16. The number of piperidine rings is 1. The number of H-pyrrole nitrogens is 1. The van der Waals surface area contributed by atoms with Gasteiger partial charge >= 0.3 is 0 Å². The maximum absolute atomic E-state index is 4.29. The number of aryl methyl sites for hydroxylation is 1. The van der Waals surface area contributed by atoms with E-state index in [1.54, 1.807) is 0 Å². The lowest BCUT2D eigenvalue weighted by Crippen LogP contribution is -2.26. The van der Waals surface area contributed by atoms with Crippen molar-refractivity contribution in [3.8, 4) is 0 Å². The van der Waals surface area contributed by atoms with Gasteiger partial charge < -0.3 is 5.32 Å². The van der Waals surface area contributed by atoms with Crippen LogP contribution in [-0.4, -0.2) is 23.3 Å². The topological polar surface area (TPSA) is 40.7 Å². The van der Waals surface area contributed by atoms with E-state index in [4.69, 9.17) is 0 Å². The highest BCUT2D eigenvalue weighted by molar-refractivity contribution is 5.12. The Labute approximate surface area is 72.6 Å². The van der Waals surface area contributed by atoms with E-state index in [1.807, 2.05) is 0 Å². The molecule has 1 aromatic heterocycles. The molecular formula is C9H15N3. The average Bonchev–Trinajstić information content (AvgIpc) is 2.54. The minimum atomic E-state index is 0.677. The van der Waals surface area contributed by atoms with Crippen LogP contribution in [0.5, 0.6) is 0 Å². The quantitative estimate of drug-likeness (QED) is 0.656. The maximum atomic E-state index is 4.29. The Hall–Kier alpha value is -0.830. The van der Waals surface area contributed by atoms with Crippen LogP contribution in [0.1, 0.15) is 30.1 Å². The molecule has 3 heteroatoms. The van der Waals surface area contributed by atoms with E-state index in [0.717, 1.165) is 13.1 Å². The Bertz CT molecular complexity index is 248. The molecule has 0 atom stereocenters. The van der Waals surface area contributed by atoms with Gasteiger partial charge in [-0.2, -0.15) is 5.10 Å². The first kappa shape index (κ1) is 7.80. The lowest BCUT2D eigenvalue weighted by atomic mass is 9.95. The third kappa shape index (κ3) is 1.50. The molecule has 2 heterocycles. The molecule has 2 N–H and O–H groups in total. The van der Waals surface area contributed by atoms with Crippen molar-refractivity contribution in [1.29, 1.82) is 0 Å². The van der Waals surface area contributed by atoms with Gasteiger partial charge in [-0.05, 0) is 38.9 Å². The van der Waals surface area contributed by atoms with Crippen LogP contribution >= 0.6 is 0 Å². The Balaban J connectivity index is 2.08. The average molecular weight is 165 g/mol. The van der Waals surface area contributed by atoms with Crippen molar-refractivity contribution < 1.29 is 0 Å². The number of nitrogens with one attached hydrogen (secondary N) is 2. The fraction of sp³-hybridized carbons (Fsp3) is 0.667. The van der Waals surface area contributed by atoms with Crippen molar-refractivity contribution in [3.05, 3.63) is 17.5 Å². The van der Waals surface area contributed by atoms with Crippen molar-refractivity contribution in [2.45, 2.75) is 25.7 Å². The molecule has 0 spiro atoms. The second-order valence-electron chi connectivity index (χ2n) is 3.50. The predicted molar refractivity (Wildman–Crippen MR) is 48.2 cm³/mol. The molecule has 3 nitrogen and oxygen atoms in total. The molecule has 0 radical (unpaired) electrons. The predicted octanol–water partition coefficient (Wildman–Crippen LogP) is 1.19. The molecule has 1 saturated heterocycles. The Kier molecular flexibility index (Phi) is 2.13. The largest absolute Gasteiger partial charge is 0.317 e. The normalized spacial score (nSPS) is 19.8. The molecule has 1 aromatic rings. The van der Waals surface area contributed by atoms with Crippen LogP contribution in [0.25, 0.3) is 0 Å². The number of hydrogen-bond acceptors (Lipinski definition) is 2. The maximum Gasteiger partial charge on any atom is 0.0656 e. The number of rotatable bonds is 1. The molecule has 1 aliphatic rings. The van der Waals surface area contributed by atoms with Crippen LogP contribution in [0.15, 0.2) is 6.07 Å². The molecular weight excluding hydrogens is 150 g/mol. The summed E-state index contributed by atoms with van der Waals surface area (Å²) in [7, 11) is 0. The fourth-order valence-corrected chi connectivity index (χ4v) is 1.77. The molecule has 0 amide bonds. The van der Waals surface area contributed by atoms with E-state index in [-0.39, 0.29) is 0 Å². The summed E-state index contributed by atoms with van der Waals surface area (Å²) in [4.78, 5) is 0. The third-order valence-electron chi connectivity index (χ3n) is 2.48. The summed E-state index contributed by atoms with van der Waals surface area (Å²) < 4.78 is 0. The van der Waals surface area contributed by atoms with Crippen LogP contribution in [0.2, 0.25) is 0 Å². The minimum Gasteiger partial charge on any atom is -0.317 e. The van der Waals surface area contributed by atoms with E-state index < -0.39 is 0 Å². The Morgan fingerprint density at radius 1 is 1.42 bits per heavy atom. The summed E-state index contributed by atoms with van der Waals surface area (Å²) in [5.74, 6) is 0.677. The highest BCUT2D eigenvalue weighted by Crippen LogP contribution is 2.23. The summed E-state index contributed by atoms with van der Waals surface area (Å²) in [6.45, 7) is 4.32. The summed E-state index contributed by atoms with van der Waals surface area (Å²) >= 11 is 0. The van der Waals surface area contributed by atoms with E-state index in [2.05, 4.69) is 28.5 Å². The van der Waals surface area contributed by atoms with Crippen LogP contribution in [0.4, 0.5) is 0 Å². The molecule has 2 rings (SSSR count). The molecule has 0 aromatic carbocycles. The van der Waals surface area contributed by atoms with Crippen LogP contribution < -0.4 is 5.32 Å². The lowest BCUT2D eigenvalue weighted by Gasteiger charge is -2.20. The van der Waals surface area contributed by atoms with Crippen molar-refractivity contribution in [3.63, 3.8) is 0 Å². The Morgan fingerprint density at radius 2 is 2.17 bits per heavy atom. The van der Waals surface area contributed by atoms with Crippen molar-refractivity contribution in [2.24, 2.45) is 0 Å². The summed E-state index contributed by atoms with van der Waals surface area (Å²) in [6, 6.07) is 2.16. The van der Waals surface area contributed by atoms with Gasteiger partial charge in [0.2, 0.25) is 0 Å². The van der Waals surface area contributed by atoms with Gasteiger partial charge in [0.05, 0.1) is 5.69 Å². The standard InChI is InChI=1S/C9H15N3/c1-7-6-9(12-11-7)8-2-4-10-5-3-8/h6,8,10H,2-5H2,1H3,(H,11,12). The van der Waals surface area contributed by atoms with Gasteiger partial charge in [-0.1, -0.05) is 0 Å². The second kappa shape index (κ2) is 3.27.